The van der Waals surface area contributed by atoms with Gasteiger partial charge >= 0.3 is 0 Å². The Hall–Kier alpha value is -2.44. The summed E-state index contributed by atoms with van der Waals surface area (Å²) in [7, 11) is 3.79. The highest BCUT2D eigenvalue weighted by atomic mass is 16.2. The Kier molecular flexibility index (Phi) is 4.04. The summed E-state index contributed by atoms with van der Waals surface area (Å²) >= 11 is 0. The maximum atomic E-state index is 12.6. The molecule has 1 saturated heterocycles. The lowest BCUT2D eigenvalue weighted by Crippen LogP contribution is -2.39. The van der Waals surface area contributed by atoms with Gasteiger partial charge in [-0.3, -0.25) is 9.89 Å². The van der Waals surface area contributed by atoms with Crippen LogP contribution >= 0.6 is 0 Å². The van der Waals surface area contributed by atoms with E-state index in [1.54, 1.807) is 12.3 Å². The summed E-state index contributed by atoms with van der Waals surface area (Å²) in [6.45, 7) is 1.46. The third kappa shape index (κ3) is 2.93. The predicted octanol–water partition coefficient (Wildman–Crippen LogP) is 1.29. The molecular formula is C15H20N6O. The van der Waals surface area contributed by atoms with Gasteiger partial charge in [0, 0.05) is 45.0 Å². The standard InChI is InChI=1S/C15H20N6O/c1-20(2)14-6-5-13(18-19-14)15(22)21-9-3-4-11(10-21)12-7-8-16-17-12/h5-8,11H,3-4,9-10H2,1-2H3,(H,16,17)/t11-/m1/s1. The Morgan fingerprint density at radius 1 is 1.32 bits per heavy atom. The van der Waals surface area contributed by atoms with E-state index in [9.17, 15) is 4.79 Å². The number of anilines is 1. The molecule has 0 bridgehead atoms. The Balaban J connectivity index is 1.71. The van der Waals surface area contributed by atoms with Gasteiger partial charge in [-0.25, -0.2) is 0 Å². The lowest BCUT2D eigenvalue weighted by atomic mass is 9.95. The fraction of sp³-hybridized carbons (Fsp3) is 0.467. The number of hydrogen-bond donors (Lipinski definition) is 1. The summed E-state index contributed by atoms with van der Waals surface area (Å²) in [5.74, 6) is 1.00. The number of amides is 1. The molecule has 1 amide bonds. The minimum Gasteiger partial charge on any atom is -0.361 e. The zero-order valence-corrected chi connectivity index (χ0v) is 12.9. The largest absolute Gasteiger partial charge is 0.361 e. The Morgan fingerprint density at radius 2 is 2.18 bits per heavy atom. The van der Waals surface area contributed by atoms with Crippen LogP contribution in [-0.4, -0.2) is 58.4 Å². The molecule has 0 unspecified atom stereocenters. The van der Waals surface area contributed by atoms with Crippen LogP contribution in [0.3, 0.4) is 0 Å². The number of aromatic nitrogens is 4. The van der Waals surface area contributed by atoms with Gasteiger partial charge < -0.3 is 9.80 Å². The van der Waals surface area contributed by atoms with Crippen LogP contribution in [0.15, 0.2) is 24.4 Å². The molecule has 3 heterocycles. The summed E-state index contributed by atoms with van der Waals surface area (Å²) in [6.07, 6.45) is 3.80. The van der Waals surface area contributed by atoms with Crippen LogP contribution in [0.5, 0.6) is 0 Å². The molecule has 3 rings (SSSR count). The molecular weight excluding hydrogens is 280 g/mol. The molecule has 116 valence electrons. The summed E-state index contributed by atoms with van der Waals surface area (Å²) in [5.41, 5.74) is 1.49. The van der Waals surface area contributed by atoms with Crippen LogP contribution in [0, 0.1) is 0 Å². The quantitative estimate of drug-likeness (QED) is 0.924. The van der Waals surface area contributed by atoms with Crippen LogP contribution in [0.25, 0.3) is 0 Å². The zero-order chi connectivity index (χ0) is 15.5. The average Bonchev–Trinajstić information content (AvgIpc) is 3.09. The van der Waals surface area contributed by atoms with Crippen molar-refractivity contribution >= 4 is 11.7 Å². The first-order valence-corrected chi connectivity index (χ1v) is 7.45. The highest BCUT2D eigenvalue weighted by Crippen LogP contribution is 2.26. The van der Waals surface area contributed by atoms with Crippen molar-refractivity contribution in [3.8, 4) is 0 Å². The van der Waals surface area contributed by atoms with Crippen LogP contribution in [0.2, 0.25) is 0 Å². The summed E-state index contributed by atoms with van der Waals surface area (Å²) in [6, 6.07) is 5.53. The molecule has 0 radical (unpaired) electrons. The first-order valence-electron chi connectivity index (χ1n) is 7.45. The van der Waals surface area contributed by atoms with E-state index in [1.165, 1.54) is 0 Å². The van der Waals surface area contributed by atoms with E-state index in [2.05, 4.69) is 20.4 Å². The van der Waals surface area contributed by atoms with Gasteiger partial charge in [-0.2, -0.15) is 5.10 Å². The van der Waals surface area contributed by atoms with Crippen LogP contribution in [-0.2, 0) is 0 Å². The second kappa shape index (κ2) is 6.13. The molecule has 1 atom stereocenters. The zero-order valence-electron chi connectivity index (χ0n) is 12.9. The second-order valence-corrected chi connectivity index (χ2v) is 5.77. The minimum atomic E-state index is -0.0537. The molecule has 0 aromatic carbocycles. The Bertz CT molecular complexity index is 622. The Morgan fingerprint density at radius 3 is 2.82 bits per heavy atom. The van der Waals surface area contributed by atoms with E-state index in [-0.39, 0.29) is 5.91 Å². The van der Waals surface area contributed by atoms with Crippen molar-refractivity contribution in [1.82, 2.24) is 25.3 Å². The number of likely N-dealkylation sites (tertiary alicyclic amines) is 1. The number of hydrogen-bond acceptors (Lipinski definition) is 5. The molecule has 1 aliphatic heterocycles. The third-order valence-corrected chi connectivity index (χ3v) is 4.00. The van der Waals surface area contributed by atoms with Crippen molar-refractivity contribution < 1.29 is 4.79 Å². The summed E-state index contributed by atoms with van der Waals surface area (Å²) in [5, 5.41) is 15.1. The summed E-state index contributed by atoms with van der Waals surface area (Å²) < 4.78 is 0. The molecule has 7 nitrogen and oxygen atoms in total. The third-order valence-electron chi connectivity index (χ3n) is 4.00. The smallest absolute Gasteiger partial charge is 0.274 e. The van der Waals surface area contributed by atoms with Crippen molar-refractivity contribution in [3.63, 3.8) is 0 Å². The summed E-state index contributed by atoms with van der Waals surface area (Å²) in [4.78, 5) is 16.3. The SMILES string of the molecule is CN(C)c1ccc(C(=O)N2CCC[C@@H](c3ccn[nH]3)C2)nn1. The van der Waals surface area contributed by atoms with E-state index >= 15 is 0 Å². The average molecular weight is 300 g/mol. The monoisotopic (exact) mass is 300 g/mol. The predicted molar refractivity (Wildman–Crippen MR) is 82.8 cm³/mol. The van der Waals surface area contributed by atoms with Crippen LogP contribution in [0.4, 0.5) is 5.82 Å². The number of aromatic amines is 1. The second-order valence-electron chi connectivity index (χ2n) is 5.77. The van der Waals surface area contributed by atoms with E-state index in [1.807, 2.05) is 36.0 Å². The van der Waals surface area contributed by atoms with Gasteiger partial charge in [0.15, 0.2) is 11.5 Å². The number of carbonyl (C=O) groups excluding carboxylic acids is 1. The molecule has 1 N–H and O–H groups in total. The molecule has 0 saturated carbocycles. The molecule has 2 aromatic rings. The normalized spacial score (nSPS) is 18.3. The number of carbonyl (C=O) groups is 1. The van der Waals surface area contributed by atoms with Gasteiger partial charge in [0.1, 0.15) is 0 Å². The fourth-order valence-electron chi connectivity index (χ4n) is 2.75. The molecule has 1 fully saturated rings. The first-order chi connectivity index (χ1) is 10.6. The van der Waals surface area contributed by atoms with Gasteiger partial charge in [-0.15, -0.1) is 10.2 Å². The fourth-order valence-corrected chi connectivity index (χ4v) is 2.75. The number of rotatable bonds is 3. The molecule has 0 aliphatic carbocycles. The van der Waals surface area contributed by atoms with Gasteiger partial charge in [0.05, 0.1) is 0 Å². The highest BCUT2D eigenvalue weighted by Gasteiger charge is 2.27. The molecule has 0 spiro atoms. The molecule has 22 heavy (non-hydrogen) atoms. The van der Waals surface area contributed by atoms with E-state index < -0.39 is 0 Å². The number of nitrogens with zero attached hydrogens (tertiary/aromatic N) is 5. The van der Waals surface area contributed by atoms with E-state index in [0.29, 0.717) is 18.2 Å². The number of H-pyrrole nitrogens is 1. The lowest BCUT2D eigenvalue weighted by molar-refractivity contribution is 0.0698. The van der Waals surface area contributed by atoms with Crippen LogP contribution < -0.4 is 4.90 Å². The van der Waals surface area contributed by atoms with Crippen molar-refractivity contribution in [3.05, 3.63) is 35.8 Å². The van der Waals surface area contributed by atoms with E-state index in [0.717, 1.165) is 30.9 Å². The molecule has 2 aromatic heterocycles. The van der Waals surface area contributed by atoms with Gasteiger partial charge in [0.2, 0.25) is 0 Å². The van der Waals surface area contributed by atoms with E-state index in [4.69, 9.17) is 0 Å². The van der Waals surface area contributed by atoms with Crippen molar-refractivity contribution in [2.45, 2.75) is 18.8 Å². The van der Waals surface area contributed by atoms with Crippen molar-refractivity contribution in [2.75, 3.05) is 32.1 Å². The highest BCUT2D eigenvalue weighted by molar-refractivity contribution is 5.92. The van der Waals surface area contributed by atoms with Crippen LogP contribution in [0.1, 0.15) is 34.9 Å². The number of nitrogens with one attached hydrogen (secondary N) is 1. The molecule has 7 heteroatoms. The minimum absolute atomic E-state index is 0.0537. The topological polar surface area (TPSA) is 78.0 Å². The van der Waals surface area contributed by atoms with Gasteiger partial charge in [-0.05, 0) is 31.0 Å². The maximum Gasteiger partial charge on any atom is 0.274 e. The number of piperidine rings is 1. The maximum absolute atomic E-state index is 12.6. The lowest BCUT2D eigenvalue weighted by Gasteiger charge is -2.31. The van der Waals surface area contributed by atoms with Gasteiger partial charge in [0.25, 0.3) is 5.91 Å². The Labute approximate surface area is 129 Å². The van der Waals surface area contributed by atoms with Gasteiger partial charge in [-0.1, -0.05) is 0 Å². The van der Waals surface area contributed by atoms with Crippen molar-refractivity contribution in [2.24, 2.45) is 0 Å². The first kappa shape index (κ1) is 14.5. The molecule has 1 aliphatic rings. The van der Waals surface area contributed by atoms with Crippen molar-refractivity contribution in [1.29, 1.82) is 0 Å².